The second kappa shape index (κ2) is 7.62. The van der Waals surface area contributed by atoms with Gasteiger partial charge in [0.15, 0.2) is 5.82 Å². The molecule has 0 aliphatic carbocycles. The van der Waals surface area contributed by atoms with E-state index in [-0.39, 0.29) is 5.91 Å². The summed E-state index contributed by atoms with van der Waals surface area (Å²) in [4.78, 5) is 17.7. The molecular formula is C20H17BrN4OS. The molecule has 1 amide bonds. The summed E-state index contributed by atoms with van der Waals surface area (Å²) in [5, 5.41) is 9.65. The van der Waals surface area contributed by atoms with Crippen molar-refractivity contribution in [2.75, 3.05) is 6.54 Å². The number of thiazole rings is 1. The fraction of sp³-hybridized carbons (Fsp3) is 0.150. The summed E-state index contributed by atoms with van der Waals surface area (Å²) in [5.41, 5.74) is 3.87. The number of nitrogens with zero attached hydrogens (tertiary/aromatic N) is 3. The molecule has 0 saturated carbocycles. The van der Waals surface area contributed by atoms with E-state index >= 15 is 0 Å². The van der Waals surface area contributed by atoms with Crippen LogP contribution in [0.4, 0.5) is 0 Å². The largest absolute Gasteiger partial charge is 0.352 e. The van der Waals surface area contributed by atoms with Gasteiger partial charge in [0.25, 0.3) is 5.91 Å². The second-order valence-electron chi connectivity index (χ2n) is 6.24. The summed E-state index contributed by atoms with van der Waals surface area (Å²) in [7, 11) is 0. The van der Waals surface area contributed by atoms with E-state index in [2.05, 4.69) is 50.4 Å². The minimum Gasteiger partial charge on any atom is -0.352 e. The monoisotopic (exact) mass is 440 g/mol. The van der Waals surface area contributed by atoms with Gasteiger partial charge in [-0.25, -0.2) is 4.52 Å². The number of hydrogen-bond acceptors (Lipinski definition) is 4. The summed E-state index contributed by atoms with van der Waals surface area (Å²) in [6, 6.07) is 15.5. The van der Waals surface area contributed by atoms with Crippen molar-refractivity contribution >= 4 is 38.1 Å². The summed E-state index contributed by atoms with van der Waals surface area (Å²) in [5.74, 6) is 0.645. The predicted molar refractivity (Wildman–Crippen MR) is 111 cm³/mol. The minimum atomic E-state index is -0.0817. The standard InChI is InChI=1S/C20H17BrN4OS/c1-13-4-2-5-14(10-13)18-23-20-25(24-18)17(12-27-20)8-9-22-19(26)15-6-3-7-16(21)11-15/h2-7,10-12H,8-9H2,1H3,(H,22,26). The molecule has 5 nitrogen and oxygen atoms in total. The normalized spacial score (nSPS) is 11.0. The van der Waals surface area contributed by atoms with Gasteiger partial charge in [-0.05, 0) is 31.2 Å². The zero-order valence-electron chi connectivity index (χ0n) is 14.6. The number of carbonyl (C=O) groups excluding carboxylic acids is 1. The van der Waals surface area contributed by atoms with E-state index in [4.69, 9.17) is 0 Å². The van der Waals surface area contributed by atoms with Gasteiger partial charge in [0.1, 0.15) is 0 Å². The molecule has 0 aliphatic rings. The number of benzene rings is 2. The molecule has 2 heterocycles. The van der Waals surface area contributed by atoms with E-state index in [0.29, 0.717) is 18.5 Å². The topological polar surface area (TPSA) is 59.3 Å². The molecule has 4 aromatic rings. The molecular weight excluding hydrogens is 424 g/mol. The van der Waals surface area contributed by atoms with E-state index in [1.807, 2.05) is 40.2 Å². The van der Waals surface area contributed by atoms with Gasteiger partial charge in [-0.15, -0.1) is 16.4 Å². The Morgan fingerprint density at radius 2 is 2.07 bits per heavy atom. The van der Waals surface area contributed by atoms with Crippen LogP contribution in [-0.2, 0) is 6.42 Å². The van der Waals surface area contributed by atoms with Crippen molar-refractivity contribution in [3.05, 3.63) is 75.2 Å². The number of aromatic nitrogens is 3. The fourth-order valence-electron chi connectivity index (χ4n) is 2.84. The molecule has 4 rings (SSSR count). The third-order valence-electron chi connectivity index (χ3n) is 4.18. The third-order valence-corrected chi connectivity index (χ3v) is 5.54. The Kier molecular flexibility index (Phi) is 5.05. The van der Waals surface area contributed by atoms with Gasteiger partial charge in [0, 0.05) is 33.9 Å². The lowest BCUT2D eigenvalue weighted by Crippen LogP contribution is -2.26. The molecule has 0 fully saturated rings. The number of hydrogen-bond donors (Lipinski definition) is 1. The van der Waals surface area contributed by atoms with Crippen molar-refractivity contribution in [3.63, 3.8) is 0 Å². The van der Waals surface area contributed by atoms with Crippen molar-refractivity contribution < 1.29 is 4.79 Å². The fourth-order valence-corrected chi connectivity index (χ4v) is 4.09. The molecule has 0 saturated heterocycles. The highest BCUT2D eigenvalue weighted by Gasteiger charge is 2.12. The van der Waals surface area contributed by atoms with Crippen LogP contribution in [0.1, 0.15) is 21.6 Å². The highest BCUT2D eigenvalue weighted by molar-refractivity contribution is 9.10. The number of rotatable bonds is 5. The quantitative estimate of drug-likeness (QED) is 0.496. The van der Waals surface area contributed by atoms with Crippen LogP contribution < -0.4 is 5.32 Å². The lowest BCUT2D eigenvalue weighted by Gasteiger charge is -2.05. The SMILES string of the molecule is Cc1cccc(-c2nc3scc(CCNC(=O)c4cccc(Br)c4)n3n2)c1. The Bertz CT molecular complexity index is 1120. The molecule has 0 bridgehead atoms. The number of fused-ring (bicyclic) bond motifs is 1. The molecule has 1 N–H and O–H groups in total. The lowest BCUT2D eigenvalue weighted by atomic mass is 10.1. The van der Waals surface area contributed by atoms with Gasteiger partial charge in [0.05, 0.1) is 5.69 Å². The Labute approximate surface area is 169 Å². The molecule has 2 aromatic carbocycles. The van der Waals surface area contributed by atoms with Crippen LogP contribution in [-0.4, -0.2) is 27.0 Å². The number of halogens is 1. The zero-order valence-corrected chi connectivity index (χ0v) is 17.0. The van der Waals surface area contributed by atoms with E-state index in [9.17, 15) is 4.79 Å². The lowest BCUT2D eigenvalue weighted by molar-refractivity contribution is 0.0954. The Morgan fingerprint density at radius 3 is 2.89 bits per heavy atom. The van der Waals surface area contributed by atoms with Gasteiger partial charge in [-0.3, -0.25) is 4.79 Å². The van der Waals surface area contributed by atoms with E-state index in [0.717, 1.165) is 26.5 Å². The first-order chi connectivity index (χ1) is 13.1. The summed E-state index contributed by atoms with van der Waals surface area (Å²) < 4.78 is 2.76. The molecule has 0 spiro atoms. The molecule has 0 radical (unpaired) electrons. The average molecular weight is 441 g/mol. The van der Waals surface area contributed by atoms with E-state index in [1.54, 1.807) is 17.4 Å². The molecule has 0 unspecified atom stereocenters. The molecule has 136 valence electrons. The molecule has 0 aliphatic heterocycles. The van der Waals surface area contributed by atoms with Crippen molar-refractivity contribution in [1.29, 1.82) is 0 Å². The molecule has 27 heavy (non-hydrogen) atoms. The van der Waals surface area contributed by atoms with Crippen LogP contribution in [0.2, 0.25) is 0 Å². The van der Waals surface area contributed by atoms with Gasteiger partial charge < -0.3 is 5.32 Å². The average Bonchev–Trinajstić information content (AvgIpc) is 3.23. The van der Waals surface area contributed by atoms with Crippen molar-refractivity contribution in [2.24, 2.45) is 0 Å². The second-order valence-corrected chi connectivity index (χ2v) is 7.99. The van der Waals surface area contributed by atoms with Crippen LogP contribution in [0.5, 0.6) is 0 Å². The van der Waals surface area contributed by atoms with Crippen LogP contribution >= 0.6 is 27.3 Å². The van der Waals surface area contributed by atoms with Crippen molar-refractivity contribution in [2.45, 2.75) is 13.3 Å². The van der Waals surface area contributed by atoms with Crippen LogP contribution in [0.3, 0.4) is 0 Å². The minimum absolute atomic E-state index is 0.0817. The zero-order chi connectivity index (χ0) is 18.8. The maximum atomic E-state index is 12.2. The first-order valence-corrected chi connectivity index (χ1v) is 10.2. The van der Waals surface area contributed by atoms with Crippen LogP contribution in [0.25, 0.3) is 16.3 Å². The molecule has 7 heteroatoms. The highest BCUT2D eigenvalue weighted by atomic mass is 79.9. The Balaban J connectivity index is 1.46. The number of aryl methyl sites for hydroxylation is 1. The highest BCUT2D eigenvalue weighted by Crippen LogP contribution is 2.21. The van der Waals surface area contributed by atoms with Crippen molar-refractivity contribution in [1.82, 2.24) is 19.9 Å². The smallest absolute Gasteiger partial charge is 0.251 e. The Morgan fingerprint density at radius 1 is 1.22 bits per heavy atom. The Hall–Kier alpha value is -2.51. The maximum Gasteiger partial charge on any atom is 0.251 e. The predicted octanol–water partition coefficient (Wildman–Crippen LogP) is 4.50. The van der Waals surface area contributed by atoms with Crippen molar-refractivity contribution in [3.8, 4) is 11.4 Å². The van der Waals surface area contributed by atoms with E-state index in [1.165, 1.54) is 5.56 Å². The number of nitrogens with one attached hydrogen (secondary N) is 1. The van der Waals surface area contributed by atoms with Crippen LogP contribution in [0, 0.1) is 6.92 Å². The summed E-state index contributed by atoms with van der Waals surface area (Å²) in [6.45, 7) is 2.60. The molecule has 0 atom stereocenters. The first kappa shape index (κ1) is 17.9. The van der Waals surface area contributed by atoms with Gasteiger partial charge in [-0.2, -0.15) is 4.98 Å². The third kappa shape index (κ3) is 3.94. The first-order valence-electron chi connectivity index (χ1n) is 8.54. The summed E-state index contributed by atoms with van der Waals surface area (Å²) >= 11 is 4.95. The molecule has 2 aromatic heterocycles. The van der Waals surface area contributed by atoms with Crippen LogP contribution in [0.15, 0.2) is 58.4 Å². The summed E-state index contributed by atoms with van der Waals surface area (Å²) in [6.07, 6.45) is 0.691. The van der Waals surface area contributed by atoms with Gasteiger partial charge in [-0.1, -0.05) is 45.8 Å². The maximum absolute atomic E-state index is 12.2. The van der Waals surface area contributed by atoms with Gasteiger partial charge >= 0.3 is 0 Å². The number of amides is 1. The number of carbonyl (C=O) groups is 1. The van der Waals surface area contributed by atoms with Gasteiger partial charge in [0.2, 0.25) is 4.96 Å². The van der Waals surface area contributed by atoms with E-state index < -0.39 is 0 Å².